The van der Waals surface area contributed by atoms with Crippen LogP contribution in [0.4, 0.5) is 0 Å². The van der Waals surface area contributed by atoms with Crippen molar-refractivity contribution in [3.63, 3.8) is 0 Å². The van der Waals surface area contributed by atoms with E-state index in [0.29, 0.717) is 12.1 Å². The Kier molecular flexibility index (Phi) is 4.93. The second-order valence-electron chi connectivity index (χ2n) is 7.57. The molecule has 4 aromatic carbocycles. The lowest BCUT2D eigenvalue weighted by Crippen LogP contribution is -2.32. The second kappa shape index (κ2) is 8.04. The Morgan fingerprint density at radius 2 is 1.06 bits per heavy atom. The van der Waals surface area contributed by atoms with Gasteiger partial charge in [-0.25, -0.2) is 0 Å². The highest BCUT2D eigenvalue weighted by Gasteiger charge is 2.40. The number of benzene rings is 4. The van der Waals surface area contributed by atoms with Gasteiger partial charge in [-0.2, -0.15) is 0 Å². The highest BCUT2D eigenvalue weighted by molar-refractivity contribution is 6.49. The number of nitrogens with zero attached hydrogens (tertiary/aromatic N) is 1. The molecule has 4 aromatic rings. The quantitative estimate of drug-likeness (QED) is 0.325. The summed E-state index contributed by atoms with van der Waals surface area (Å²) < 4.78 is 0. The zero-order valence-electron chi connectivity index (χ0n) is 16.9. The van der Waals surface area contributed by atoms with Gasteiger partial charge in [0.1, 0.15) is 0 Å². The Hall–Kier alpha value is -3.98. The highest BCUT2D eigenvalue weighted by atomic mass is 16.7. The Morgan fingerprint density at radius 3 is 1.58 bits per heavy atom. The fourth-order valence-corrected chi connectivity index (χ4v) is 4.20. The Labute approximate surface area is 181 Å². The number of ketones is 1. The van der Waals surface area contributed by atoms with Gasteiger partial charge in [0.15, 0.2) is 11.5 Å². The molecule has 31 heavy (non-hydrogen) atoms. The number of oxime groups is 1. The van der Waals surface area contributed by atoms with Crippen LogP contribution in [0.1, 0.15) is 27.8 Å². The molecule has 0 spiro atoms. The van der Waals surface area contributed by atoms with Crippen molar-refractivity contribution in [1.29, 1.82) is 0 Å². The second-order valence-corrected chi connectivity index (χ2v) is 7.57. The van der Waals surface area contributed by atoms with Crippen molar-refractivity contribution in [1.82, 2.24) is 0 Å². The molecule has 1 aliphatic rings. The molecule has 0 saturated carbocycles. The summed E-state index contributed by atoms with van der Waals surface area (Å²) in [5.41, 5.74) is 4.04. The molecule has 150 valence electrons. The van der Waals surface area contributed by atoms with Crippen LogP contribution in [0.5, 0.6) is 0 Å². The van der Waals surface area contributed by atoms with E-state index in [0.717, 1.165) is 27.8 Å². The van der Waals surface area contributed by atoms with E-state index < -0.39 is 5.60 Å². The van der Waals surface area contributed by atoms with Crippen LogP contribution in [0.15, 0.2) is 120 Å². The first kappa shape index (κ1) is 19.0. The Balaban J connectivity index is 1.72. The van der Waals surface area contributed by atoms with E-state index in [2.05, 4.69) is 5.16 Å². The molecule has 0 aromatic heterocycles. The zero-order valence-corrected chi connectivity index (χ0v) is 16.9. The van der Waals surface area contributed by atoms with Crippen molar-refractivity contribution in [2.24, 2.45) is 5.16 Å². The molecule has 0 N–H and O–H groups in total. The lowest BCUT2D eigenvalue weighted by Gasteiger charge is -2.33. The minimum absolute atomic E-state index is 0.0238. The maximum atomic E-state index is 12.7. The van der Waals surface area contributed by atoms with Gasteiger partial charge in [0.25, 0.3) is 0 Å². The minimum Gasteiger partial charge on any atom is -0.374 e. The van der Waals surface area contributed by atoms with E-state index >= 15 is 0 Å². The molecule has 0 heterocycles. The largest absolute Gasteiger partial charge is 0.374 e. The van der Waals surface area contributed by atoms with Crippen LogP contribution in [0.25, 0.3) is 0 Å². The molecule has 0 fully saturated rings. The predicted octanol–water partition coefficient (Wildman–Crippen LogP) is 5.52. The van der Waals surface area contributed by atoms with Crippen molar-refractivity contribution in [3.8, 4) is 0 Å². The molecule has 3 heteroatoms. The number of hydrogen-bond donors (Lipinski definition) is 0. The maximum absolute atomic E-state index is 12.7. The molecule has 0 bridgehead atoms. The van der Waals surface area contributed by atoms with Crippen LogP contribution in [0.2, 0.25) is 0 Å². The molecule has 1 aliphatic carbocycles. The molecule has 3 nitrogen and oxygen atoms in total. The summed E-state index contributed by atoms with van der Waals surface area (Å²) in [6.07, 6.45) is 0.355. The van der Waals surface area contributed by atoms with E-state index in [9.17, 15) is 4.79 Å². The number of carbonyl (C=O) groups is 1. The van der Waals surface area contributed by atoms with Gasteiger partial charge in [0, 0.05) is 28.7 Å². The topological polar surface area (TPSA) is 38.7 Å². The summed E-state index contributed by atoms with van der Waals surface area (Å²) in [6.45, 7) is 0. The average molecular weight is 403 g/mol. The van der Waals surface area contributed by atoms with Crippen LogP contribution in [0, 0.1) is 0 Å². The number of rotatable bonds is 5. The van der Waals surface area contributed by atoms with Crippen molar-refractivity contribution in [2.45, 2.75) is 12.0 Å². The summed E-state index contributed by atoms with van der Waals surface area (Å²) in [5, 5.41) is 4.51. The first-order chi connectivity index (χ1) is 15.3. The molecular formula is C28H21NO2. The summed E-state index contributed by atoms with van der Waals surface area (Å²) >= 11 is 0. The third-order valence-corrected chi connectivity index (χ3v) is 5.70. The van der Waals surface area contributed by atoms with Gasteiger partial charge in [-0.15, -0.1) is 0 Å². The summed E-state index contributed by atoms with van der Waals surface area (Å²) in [5.74, 6) is -0.0238. The van der Waals surface area contributed by atoms with E-state index in [4.69, 9.17) is 4.84 Å². The van der Waals surface area contributed by atoms with E-state index in [-0.39, 0.29) is 5.78 Å². The lowest BCUT2D eigenvalue weighted by molar-refractivity contribution is -0.112. The fourth-order valence-electron chi connectivity index (χ4n) is 4.20. The van der Waals surface area contributed by atoms with Crippen molar-refractivity contribution in [2.75, 3.05) is 0 Å². The van der Waals surface area contributed by atoms with Gasteiger partial charge in [-0.05, 0) is 5.56 Å². The molecule has 5 rings (SSSR count). The van der Waals surface area contributed by atoms with Crippen LogP contribution < -0.4 is 0 Å². The van der Waals surface area contributed by atoms with E-state index in [1.54, 1.807) is 0 Å². The first-order valence-electron chi connectivity index (χ1n) is 10.3. The number of hydrogen-bond acceptors (Lipinski definition) is 3. The monoisotopic (exact) mass is 403 g/mol. The number of carbonyl (C=O) groups excluding carboxylic acids is 1. The van der Waals surface area contributed by atoms with Gasteiger partial charge in [-0.3, -0.25) is 4.79 Å². The van der Waals surface area contributed by atoms with Crippen LogP contribution in [0.3, 0.4) is 0 Å². The van der Waals surface area contributed by atoms with Gasteiger partial charge in [0.2, 0.25) is 5.60 Å². The molecule has 0 radical (unpaired) electrons. The van der Waals surface area contributed by atoms with Crippen LogP contribution >= 0.6 is 0 Å². The molecule has 0 aliphatic heterocycles. The lowest BCUT2D eigenvalue weighted by atomic mass is 9.80. The normalized spacial score (nSPS) is 14.5. The SMILES string of the molecule is O=C1Cc2ccccc2C1=NOC(c1ccccc1)(c1ccccc1)c1ccccc1. The van der Waals surface area contributed by atoms with Crippen LogP contribution in [-0.2, 0) is 21.7 Å². The van der Waals surface area contributed by atoms with Crippen molar-refractivity contribution < 1.29 is 9.63 Å². The highest BCUT2D eigenvalue weighted by Crippen LogP contribution is 2.41. The Bertz CT molecular complexity index is 1140. The zero-order chi connectivity index (χ0) is 21.1. The van der Waals surface area contributed by atoms with Crippen LogP contribution in [-0.4, -0.2) is 11.5 Å². The maximum Gasteiger partial charge on any atom is 0.212 e. The third-order valence-electron chi connectivity index (χ3n) is 5.70. The Morgan fingerprint density at radius 1 is 0.613 bits per heavy atom. The van der Waals surface area contributed by atoms with Gasteiger partial charge in [0.05, 0.1) is 0 Å². The van der Waals surface area contributed by atoms with E-state index in [1.165, 1.54) is 0 Å². The van der Waals surface area contributed by atoms with E-state index in [1.807, 2.05) is 115 Å². The predicted molar refractivity (Wildman–Crippen MR) is 122 cm³/mol. The molecule has 0 atom stereocenters. The summed E-state index contributed by atoms with van der Waals surface area (Å²) in [6, 6.07) is 37.8. The minimum atomic E-state index is -0.991. The third kappa shape index (κ3) is 3.34. The standard InChI is InChI=1S/C28H21NO2/c30-26-20-21-12-10-11-19-25(21)27(26)29-31-28(22-13-4-1-5-14-22,23-15-6-2-7-16-23)24-17-8-3-9-18-24/h1-19H,20H2. The fraction of sp³-hybridized carbons (Fsp3) is 0.0714. The van der Waals surface area contributed by atoms with Gasteiger partial charge >= 0.3 is 0 Å². The van der Waals surface area contributed by atoms with Crippen molar-refractivity contribution >= 4 is 11.5 Å². The number of fused-ring (bicyclic) bond motifs is 1. The number of Topliss-reactive ketones (excluding diaryl/α,β-unsaturated/α-hetero) is 1. The average Bonchev–Trinajstić information content (AvgIpc) is 3.16. The molecule has 0 saturated heterocycles. The molecule has 0 amide bonds. The molecule has 0 unspecified atom stereocenters. The van der Waals surface area contributed by atoms with Gasteiger partial charge in [-0.1, -0.05) is 120 Å². The van der Waals surface area contributed by atoms with Crippen molar-refractivity contribution in [3.05, 3.63) is 143 Å². The molecular weight excluding hydrogens is 382 g/mol. The van der Waals surface area contributed by atoms with Gasteiger partial charge < -0.3 is 4.84 Å². The first-order valence-corrected chi connectivity index (χ1v) is 10.3. The summed E-state index contributed by atoms with van der Waals surface area (Å²) in [4.78, 5) is 19.2. The smallest absolute Gasteiger partial charge is 0.212 e. The summed E-state index contributed by atoms with van der Waals surface area (Å²) in [7, 11) is 0.